The molecular weight excluding hydrogens is 178 g/mol. The summed E-state index contributed by atoms with van der Waals surface area (Å²) in [5, 5.41) is 0. The predicted molar refractivity (Wildman–Crippen MR) is 30.2 cm³/mol. The molecule has 0 fully saturated rings. The van der Waals surface area contributed by atoms with Crippen LogP contribution in [0.2, 0.25) is 0 Å². The summed E-state index contributed by atoms with van der Waals surface area (Å²) < 4.78 is 13.2. The quantitative estimate of drug-likeness (QED) is 0.356. The Labute approximate surface area is 77.2 Å². The van der Waals surface area contributed by atoms with Crippen LogP contribution in [0.1, 0.15) is 0 Å². The molecule has 0 spiro atoms. The van der Waals surface area contributed by atoms with Gasteiger partial charge in [-0.15, -0.1) is 0 Å². The molecule has 0 rings (SSSR count). The van der Waals surface area contributed by atoms with Gasteiger partial charge in [0, 0.05) is 21.7 Å². The van der Waals surface area contributed by atoms with Gasteiger partial charge in [-0.3, -0.25) is 0 Å². The number of rotatable bonds is 1. The topological polar surface area (TPSA) is 66.8 Å². The second-order valence-electron chi connectivity index (χ2n) is 0.673. The van der Waals surface area contributed by atoms with Crippen LogP contribution in [0.25, 0.3) is 0 Å². The van der Waals surface area contributed by atoms with E-state index in [0.717, 1.165) is 0 Å². The van der Waals surface area contributed by atoms with Crippen LogP contribution in [0, 0.1) is 0 Å². The molecule has 0 saturated carbocycles. The molecular formula is H6LiO4PSiTi. The smallest absolute Gasteiger partial charge is 0 e. The van der Waals surface area contributed by atoms with Gasteiger partial charge in [0.1, 0.15) is 0 Å². The maximum Gasteiger partial charge on any atom is 0 e. The first kappa shape index (κ1) is 16.3. The second kappa shape index (κ2) is 6.75. The van der Waals surface area contributed by atoms with E-state index in [1.165, 1.54) is 0 Å². The molecule has 0 unspecified atom stereocenters. The molecule has 0 bridgehead atoms. The molecule has 0 aromatic rings. The zero-order chi connectivity index (χ0) is 5.21. The molecule has 2 N–H and O–H groups in total. The van der Waals surface area contributed by atoms with E-state index in [4.69, 9.17) is 9.79 Å². The first-order valence-corrected chi connectivity index (χ1v) is 3.52. The first-order valence-electron chi connectivity index (χ1n) is 1.17. The molecule has 0 aromatic carbocycles. The van der Waals surface area contributed by atoms with Crippen LogP contribution in [0.3, 0.4) is 0 Å². The third-order valence-electron chi connectivity index (χ3n) is 0.238. The molecule has 0 heterocycles. The molecule has 0 aliphatic carbocycles. The fraction of sp³-hybridized carbons (Fsp3) is 0. The fourth-order valence-corrected chi connectivity index (χ4v) is 0. The van der Waals surface area contributed by atoms with Crippen LogP contribution < -0.4 is 0 Å². The van der Waals surface area contributed by atoms with Crippen LogP contribution in [-0.4, -0.2) is 39.1 Å². The Morgan fingerprint density at radius 2 is 1.62 bits per heavy atom. The SMILES string of the molecule is O=P(O)(O)O[SiH3].[LiH].[Ti]. The molecule has 0 amide bonds. The van der Waals surface area contributed by atoms with Crippen LogP contribution >= 0.6 is 7.82 Å². The van der Waals surface area contributed by atoms with E-state index < -0.39 is 7.82 Å². The summed E-state index contributed by atoms with van der Waals surface area (Å²) >= 11 is 0. The Kier molecular flexibility index (Phi) is 13.8. The number of hydrogen-bond donors (Lipinski definition) is 2. The van der Waals surface area contributed by atoms with Crippen LogP contribution in [-0.2, 0) is 30.5 Å². The van der Waals surface area contributed by atoms with Crippen molar-refractivity contribution in [3.05, 3.63) is 0 Å². The van der Waals surface area contributed by atoms with Gasteiger partial charge in [0.05, 0.1) is 0 Å². The number of phosphoric acid groups is 1. The van der Waals surface area contributed by atoms with Crippen LogP contribution in [0.4, 0.5) is 0 Å². The van der Waals surface area contributed by atoms with Gasteiger partial charge in [0.2, 0.25) is 0 Å². The average Bonchev–Trinajstić information content (AvgIpc) is 1.35. The molecule has 44 valence electrons. The van der Waals surface area contributed by atoms with E-state index in [1.54, 1.807) is 0 Å². The monoisotopic (exact) mass is 184 g/mol. The maximum absolute atomic E-state index is 9.51. The van der Waals surface area contributed by atoms with Gasteiger partial charge < -0.3 is 14.0 Å². The van der Waals surface area contributed by atoms with Crippen molar-refractivity contribution in [2.45, 2.75) is 0 Å². The predicted octanol–water partition coefficient (Wildman–Crippen LogP) is -2.27. The van der Waals surface area contributed by atoms with E-state index in [0.29, 0.717) is 0 Å². The normalized spacial score (nSPS) is 9.25. The van der Waals surface area contributed by atoms with E-state index in [9.17, 15) is 4.57 Å². The minimum absolute atomic E-state index is 0. The molecule has 0 saturated heterocycles. The molecule has 0 atom stereocenters. The molecule has 8 heteroatoms. The molecule has 0 aliphatic heterocycles. The van der Waals surface area contributed by atoms with E-state index >= 15 is 0 Å². The van der Waals surface area contributed by atoms with E-state index in [1.807, 2.05) is 0 Å². The van der Waals surface area contributed by atoms with Crippen LogP contribution in [0.15, 0.2) is 0 Å². The van der Waals surface area contributed by atoms with Gasteiger partial charge in [0.25, 0.3) is 0 Å². The van der Waals surface area contributed by atoms with Crippen LogP contribution in [0.5, 0.6) is 0 Å². The Morgan fingerprint density at radius 3 is 1.62 bits per heavy atom. The fourth-order valence-electron chi connectivity index (χ4n) is 0. The van der Waals surface area contributed by atoms with Crippen molar-refractivity contribution < 1.29 is 40.3 Å². The van der Waals surface area contributed by atoms with E-state index in [2.05, 4.69) is 4.21 Å². The van der Waals surface area contributed by atoms with E-state index in [-0.39, 0.29) is 51.1 Å². The zero-order valence-corrected chi connectivity index (χ0v) is 8.11. The van der Waals surface area contributed by atoms with Crippen molar-refractivity contribution in [2.75, 3.05) is 0 Å². The largest absolute Gasteiger partial charge is 0 e. The van der Waals surface area contributed by atoms with Gasteiger partial charge in [-0.2, -0.15) is 0 Å². The minimum atomic E-state index is -4.08. The van der Waals surface area contributed by atoms with Gasteiger partial charge in [-0.05, 0) is 0 Å². The van der Waals surface area contributed by atoms with Crippen molar-refractivity contribution in [1.29, 1.82) is 0 Å². The molecule has 0 aliphatic rings. The average molecular weight is 184 g/mol. The zero-order valence-electron chi connectivity index (χ0n) is 3.66. The first-order chi connectivity index (χ1) is 2.56. The Balaban J connectivity index is -0.000000125. The van der Waals surface area contributed by atoms with Crippen molar-refractivity contribution in [3.63, 3.8) is 0 Å². The van der Waals surface area contributed by atoms with Gasteiger partial charge in [-0.1, -0.05) is 0 Å². The summed E-state index contributed by atoms with van der Waals surface area (Å²) in [5.74, 6) is 0. The Morgan fingerprint density at radius 1 is 1.50 bits per heavy atom. The van der Waals surface area contributed by atoms with Crippen molar-refractivity contribution in [2.24, 2.45) is 0 Å². The van der Waals surface area contributed by atoms with Crippen molar-refractivity contribution in [3.8, 4) is 0 Å². The molecule has 4 nitrogen and oxygen atoms in total. The summed E-state index contributed by atoms with van der Waals surface area (Å²) in [5.41, 5.74) is 0. The summed E-state index contributed by atoms with van der Waals surface area (Å²) in [6, 6.07) is 0. The maximum atomic E-state index is 9.51. The summed E-state index contributed by atoms with van der Waals surface area (Å²) in [6.07, 6.45) is 0. The minimum Gasteiger partial charge on any atom is 0 e. The summed E-state index contributed by atoms with van der Waals surface area (Å²) in [4.78, 5) is 15.5. The summed E-state index contributed by atoms with van der Waals surface area (Å²) in [6.45, 7) is 0. The van der Waals surface area contributed by atoms with Crippen molar-refractivity contribution >= 4 is 37.2 Å². The van der Waals surface area contributed by atoms with Crippen molar-refractivity contribution in [1.82, 2.24) is 0 Å². The third kappa shape index (κ3) is 15.6. The molecule has 8 heavy (non-hydrogen) atoms. The second-order valence-corrected chi connectivity index (χ2v) is 3.11. The van der Waals surface area contributed by atoms with Gasteiger partial charge in [-0.25, -0.2) is 4.57 Å². The third-order valence-corrected chi connectivity index (χ3v) is 2.14. The molecule has 0 aromatic heterocycles. The molecule has 0 radical (unpaired) electrons. The van der Waals surface area contributed by atoms with Gasteiger partial charge >= 0.3 is 26.7 Å². The summed E-state index contributed by atoms with van der Waals surface area (Å²) in [7, 11) is -4.00. The Hall–Kier alpha value is 1.64. The standard InChI is InChI=1S/Li.H5O4PSi.Ti.H/c;1-5(2,3)4-6;;/h;6H3,(H2,1,2,3);;. The number of hydrogen-bond acceptors (Lipinski definition) is 2. The van der Waals surface area contributed by atoms with Gasteiger partial charge in [0.15, 0.2) is 10.5 Å². The Bertz CT molecular complexity index is 80.1.